The maximum Gasteiger partial charge on any atom is 0.302 e. The zero-order valence-electron chi connectivity index (χ0n) is 21.5. The van der Waals surface area contributed by atoms with Gasteiger partial charge in [-0.25, -0.2) is 0 Å². The minimum Gasteiger partial charge on any atom is -0.500 e. The molecule has 1 fully saturated rings. The van der Waals surface area contributed by atoms with Crippen LogP contribution in [-0.4, -0.2) is 46.2 Å². The Bertz CT molecular complexity index is 760. The summed E-state index contributed by atoms with van der Waals surface area (Å²) in [5, 5.41) is 0. The van der Waals surface area contributed by atoms with Gasteiger partial charge in [0.05, 0.1) is 26.2 Å². The zero-order chi connectivity index (χ0) is 24.6. The molecular weight excluding hydrogens is 424 g/mol. The molecule has 0 amide bonds. The maximum atomic E-state index is 13.9. The molecule has 0 heterocycles. The summed E-state index contributed by atoms with van der Waals surface area (Å²) in [5.74, 6) is -1.27. The molecule has 182 valence electrons. The number of ether oxygens (including phenoxy) is 2. The fraction of sp³-hybridized carbons (Fsp3) is 0.800. The normalized spacial score (nSPS) is 27.7. The lowest BCUT2D eigenvalue weighted by Crippen LogP contribution is -2.64. The van der Waals surface area contributed by atoms with E-state index in [0.717, 1.165) is 0 Å². The van der Waals surface area contributed by atoms with Crippen LogP contribution in [0.5, 0.6) is 0 Å². The van der Waals surface area contributed by atoms with E-state index in [9.17, 15) is 14.4 Å². The molecule has 0 N–H and O–H groups in total. The van der Waals surface area contributed by atoms with Crippen LogP contribution in [0.3, 0.4) is 0 Å². The molecule has 0 spiro atoms. The number of hydrogen-bond donors (Lipinski definition) is 0. The first-order chi connectivity index (χ1) is 14.7. The third-order valence-corrected chi connectivity index (χ3v) is 14.4. The van der Waals surface area contributed by atoms with Crippen LogP contribution < -0.4 is 0 Å². The van der Waals surface area contributed by atoms with Crippen LogP contribution >= 0.6 is 0 Å². The Kier molecular flexibility index (Phi) is 7.88. The van der Waals surface area contributed by atoms with Crippen LogP contribution in [0.1, 0.15) is 68.7 Å². The maximum absolute atomic E-state index is 13.9. The Morgan fingerprint density at radius 1 is 1.09 bits per heavy atom. The minimum absolute atomic E-state index is 0.120. The topological polar surface area (TPSA) is 78.9 Å². The van der Waals surface area contributed by atoms with Gasteiger partial charge in [0.15, 0.2) is 19.9 Å². The second-order valence-corrected chi connectivity index (χ2v) is 16.5. The van der Waals surface area contributed by atoms with Crippen molar-refractivity contribution in [1.29, 1.82) is 0 Å². The van der Waals surface area contributed by atoms with E-state index in [-0.39, 0.29) is 36.7 Å². The van der Waals surface area contributed by atoms with Gasteiger partial charge in [-0.2, -0.15) is 0 Å². The SMILES string of the molecule is COC1=CC(=O)[C@H]2C[C@H](COC(C)=O)C(C)(C)[C@]1(CO[Si](C(C)C)(C(C)C)C(C)C)C2=O. The van der Waals surface area contributed by atoms with Gasteiger partial charge in [-0.05, 0) is 28.5 Å². The van der Waals surface area contributed by atoms with Crippen molar-refractivity contribution < 1.29 is 28.3 Å². The summed E-state index contributed by atoms with van der Waals surface area (Å²) in [5.41, 5.74) is -0.667. The number of allylic oxidation sites excluding steroid dienone is 1. The van der Waals surface area contributed by atoms with E-state index in [4.69, 9.17) is 13.9 Å². The molecule has 6 nitrogen and oxygen atoms in total. The number of fused-ring (bicyclic) bond motifs is 2. The van der Waals surface area contributed by atoms with Crippen molar-refractivity contribution in [1.82, 2.24) is 0 Å². The number of methoxy groups -OCH3 is 1. The number of Topliss-reactive ketones (excluding diaryl/α,β-unsaturated/α-hetero) is 1. The molecule has 2 rings (SSSR count). The summed E-state index contributed by atoms with van der Waals surface area (Å²) in [7, 11) is -0.776. The van der Waals surface area contributed by atoms with E-state index in [1.165, 1.54) is 20.1 Å². The average Bonchev–Trinajstić information content (AvgIpc) is 2.66. The fourth-order valence-electron chi connectivity index (χ4n) is 6.48. The molecule has 2 bridgehead atoms. The fourth-order valence-corrected chi connectivity index (χ4v) is 11.9. The lowest BCUT2D eigenvalue weighted by atomic mass is 9.47. The van der Waals surface area contributed by atoms with Gasteiger partial charge in [-0.1, -0.05) is 55.4 Å². The third kappa shape index (κ3) is 4.00. The summed E-state index contributed by atoms with van der Waals surface area (Å²) in [4.78, 5) is 38.3. The highest BCUT2D eigenvalue weighted by Gasteiger charge is 2.66. The number of hydrogen-bond acceptors (Lipinski definition) is 6. The Hall–Kier alpha value is -1.47. The Labute approximate surface area is 194 Å². The third-order valence-electron chi connectivity index (χ3n) is 8.37. The molecule has 0 radical (unpaired) electrons. The summed E-state index contributed by atoms with van der Waals surface area (Å²) in [6.07, 6.45) is 1.87. The van der Waals surface area contributed by atoms with Gasteiger partial charge < -0.3 is 13.9 Å². The van der Waals surface area contributed by atoms with Crippen molar-refractivity contribution in [2.75, 3.05) is 20.3 Å². The molecule has 32 heavy (non-hydrogen) atoms. The van der Waals surface area contributed by atoms with Gasteiger partial charge in [0.25, 0.3) is 0 Å². The number of rotatable bonds is 9. The van der Waals surface area contributed by atoms with Crippen molar-refractivity contribution in [3.8, 4) is 0 Å². The number of carbonyl (C=O) groups excluding carboxylic acids is 3. The highest BCUT2D eigenvalue weighted by Crippen LogP contribution is 2.60. The summed E-state index contributed by atoms with van der Waals surface area (Å²) >= 11 is 0. The lowest BCUT2D eigenvalue weighted by molar-refractivity contribution is -0.168. The molecule has 0 aromatic heterocycles. The van der Waals surface area contributed by atoms with Gasteiger partial charge in [0.1, 0.15) is 11.2 Å². The average molecular weight is 467 g/mol. The second kappa shape index (κ2) is 9.41. The predicted octanol–water partition coefficient (Wildman–Crippen LogP) is 5.07. The number of ketones is 2. The predicted molar refractivity (Wildman–Crippen MR) is 127 cm³/mol. The van der Waals surface area contributed by atoms with Crippen molar-refractivity contribution in [2.45, 2.75) is 85.4 Å². The Balaban J connectivity index is 2.63. The molecule has 0 aromatic rings. The van der Waals surface area contributed by atoms with Crippen LogP contribution in [0.4, 0.5) is 0 Å². The van der Waals surface area contributed by atoms with E-state index in [0.29, 0.717) is 28.8 Å². The van der Waals surface area contributed by atoms with Crippen LogP contribution in [-0.2, 0) is 28.3 Å². The molecule has 0 aliphatic heterocycles. The molecule has 0 saturated heterocycles. The first kappa shape index (κ1) is 26.8. The quantitative estimate of drug-likeness (QED) is 0.268. The lowest BCUT2D eigenvalue weighted by Gasteiger charge is -2.57. The highest BCUT2D eigenvalue weighted by atomic mass is 28.4. The molecule has 7 heteroatoms. The number of esters is 1. The summed E-state index contributed by atoms with van der Waals surface area (Å²) in [6, 6.07) is 0. The molecule has 2 aliphatic rings. The Morgan fingerprint density at radius 3 is 2.06 bits per heavy atom. The van der Waals surface area contributed by atoms with Gasteiger partial charge in [-0.3, -0.25) is 14.4 Å². The van der Waals surface area contributed by atoms with E-state index in [2.05, 4.69) is 41.5 Å². The first-order valence-corrected chi connectivity index (χ1v) is 14.0. The molecule has 0 aromatic carbocycles. The molecule has 3 atom stereocenters. The van der Waals surface area contributed by atoms with Gasteiger partial charge in [0, 0.05) is 18.9 Å². The molecule has 1 saturated carbocycles. The molecule has 2 aliphatic carbocycles. The van der Waals surface area contributed by atoms with Gasteiger partial charge in [0.2, 0.25) is 0 Å². The summed E-state index contributed by atoms with van der Waals surface area (Å²) in [6.45, 7) is 19.0. The second-order valence-electron chi connectivity index (χ2n) is 11.0. The summed E-state index contributed by atoms with van der Waals surface area (Å²) < 4.78 is 18.1. The minimum atomic E-state index is -2.29. The molecular formula is C25H42O6Si. The van der Waals surface area contributed by atoms with Crippen molar-refractivity contribution in [2.24, 2.45) is 22.7 Å². The van der Waals surface area contributed by atoms with Crippen LogP contribution in [0.25, 0.3) is 0 Å². The van der Waals surface area contributed by atoms with E-state index in [1.807, 2.05) is 13.8 Å². The standard InChI is InChI=1S/C25H42O6Si/c1-15(2)32(16(3)4,17(5)6)31-14-25-22(29-10)12-21(27)20(23(25)28)11-19(24(25,8)9)13-30-18(7)26/h12,15-17,19-20H,11,13-14H2,1-10H3/t19-,20-,25+/m1/s1. The van der Waals surface area contributed by atoms with Gasteiger partial charge in [-0.15, -0.1) is 0 Å². The van der Waals surface area contributed by atoms with Crippen molar-refractivity contribution >= 4 is 25.9 Å². The largest absolute Gasteiger partial charge is 0.500 e. The first-order valence-electron chi connectivity index (χ1n) is 11.8. The smallest absolute Gasteiger partial charge is 0.302 e. The monoisotopic (exact) mass is 466 g/mol. The van der Waals surface area contributed by atoms with E-state index >= 15 is 0 Å². The van der Waals surface area contributed by atoms with Gasteiger partial charge >= 0.3 is 5.97 Å². The van der Waals surface area contributed by atoms with Crippen LogP contribution in [0.2, 0.25) is 16.6 Å². The van der Waals surface area contributed by atoms with E-state index < -0.39 is 25.1 Å². The van der Waals surface area contributed by atoms with Crippen LogP contribution in [0, 0.1) is 22.7 Å². The molecule has 0 unspecified atom stereocenters. The Morgan fingerprint density at radius 2 is 1.62 bits per heavy atom. The highest BCUT2D eigenvalue weighted by molar-refractivity contribution is 6.77. The van der Waals surface area contributed by atoms with Crippen LogP contribution in [0.15, 0.2) is 11.8 Å². The van der Waals surface area contributed by atoms with E-state index in [1.54, 1.807) is 0 Å². The van der Waals surface area contributed by atoms with Crippen molar-refractivity contribution in [3.63, 3.8) is 0 Å². The number of carbonyl (C=O) groups is 3. The van der Waals surface area contributed by atoms with Crippen molar-refractivity contribution in [3.05, 3.63) is 11.8 Å². The zero-order valence-corrected chi connectivity index (χ0v) is 22.5.